The number of amides is 1. The van der Waals surface area contributed by atoms with E-state index in [1.54, 1.807) is 19.2 Å². The molecule has 0 aromatic heterocycles. The Hall–Kier alpha value is -2.03. The Bertz CT molecular complexity index is 669. The van der Waals surface area contributed by atoms with Crippen molar-refractivity contribution in [1.29, 1.82) is 0 Å². The summed E-state index contributed by atoms with van der Waals surface area (Å²) in [6.45, 7) is 4.52. The average molecular weight is 393 g/mol. The van der Waals surface area contributed by atoms with Crippen LogP contribution in [0.1, 0.15) is 29.6 Å². The Morgan fingerprint density at radius 1 is 1.32 bits per heavy atom. The molecule has 1 saturated heterocycles. The van der Waals surface area contributed by atoms with Crippen LogP contribution in [0, 0.1) is 5.92 Å². The van der Waals surface area contributed by atoms with E-state index in [0.717, 1.165) is 39.0 Å². The second-order valence-electron chi connectivity index (χ2n) is 7.44. The number of fused-ring (bicyclic) bond motifs is 1. The number of benzene rings is 1. The van der Waals surface area contributed by atoms with Gasteiger partial charge in [-0.15, -0.1) is 0 Å². The van der Waals surface area contributed by atoms with E-state index in [0.29, 0.717) is 49.1 Å². The SMILES string of the molecule is COCCCCN1C[C@@H](CNC(=O)c2cc(N)cc3c2OCCCO3)[C@H](O)C1. The minimum Gasteiger partial charge on any atom is -0.489 e. The predicted molar refractivity (Wildman–Crippen MR) is 106 cm³/mol. The molecule has 2 heterocycles. The van der Waals surface area contributed by atoms with Crippen LogP contribution < -0.4 is 20.5 Å². The lowest BCUT2D eigenvalue weighted by Gasteiger charge is -2.17. The summed E-state index contributed by atoms with van der Waals surface area (Å²) < 4.78 is 16.4. The largest absolute Gasteiger partial charge is 0.489 e. The van der Waals surface area contributed by atoms with E-state index in [4.69, 9.17) is 19.9 Å². The fourth-order valence-corrected chi connectivity index (χ4v) is 3.69. The zero-order chi connectivity index (χ0) is 19.9. The second kappa shape index (κ2) is 9.95. The number of aliphatic hydroxyl groups excluding tert-OH is 1. The van der Waals surface area contributed by atoms with Gasteiger partial charge in [-0.25, -0.2) is 0 Å². The molecule has 3 rings (SSSR count). The number of rotatable bonds is 8. The number of nitrogens with one attached hydrogen (secondary N) is 1. The normalized spacial score (nSPS) is 22.1. The average Bonchev–Trinajstić information content (AvgIpc) is 2.87. The topological polar surface area (TPSA) is 106 Å². The molecule has 4 N–H and O–H groups in total. The molecule has 0 aliphatic carbocycles. The van der Waals surface area contributed by atoms with Gasteiger partial charge in [-0.3, -0.25) is 4.79 Å². The number of nitrogen functional groups attached to an aromatic ring is 1. The number of anilines is 1. The van der Waals surface area contributed by atoms with Crippen molar-refractivity contribution in [2.75, 3.05) is 58.8 Å². The Labute approximate surface area is 165 Å². The quantitative estimate of drug-likeness (QED) is 0.445. The second-order valence-corrected chi connectivity index (χ2v) is 7.44. The van der Waals surface area contributed by atoms with Crippen molar-refractivity contribution in [2.24, 2.45) is 5.92 Å². The molecule has 2 aliphatic rings. The molecule has 1 aromatic carbocycles. The first-order valence-corrected chi connectivity index (χ1v) is 9.95. The number of methoxy groups -OCH3 is 1. The number of unbranched alkanes of at least 4 members (excludes halogenated alkanes) is 1. The Balaban J connectivity index is 1.55. The van der Waals surface area contributed by atoms with Crippen LogP contribution in [0.4, 0.5) is 5.69 Å². The first-order chi connectivity index (χ1) is 13.6. The summed E-state index contributed by atoms with van der Waals surface area (Å²) in [5, 5.41) is 13.3. The number of ether oxygens (including phenoxy) is 3. The number of carbonyl (C=O) groups is 1. The smallest absolute Gasteiger partial charge is 0.255 e. The fraction of sp³-hybridized carbons (Fsp3) is 0.650. The minimum absolute atomic E-state index is 0.00297. The first kappa shape index (κ1) is 20.7. The predicted octanol–water partition coefficient (Wildman–Crippen LogP) is 0.879. The fourth-order valence-electron chi connectivity index (χ4n) is 3.69. The molecule has 0 radical (unpaired) electrons. The molecule has 1 fully saturated rings. The monoisotopic (exact) mass is 393 g/mol. The summed E-state index contributed by atoms with van der Waals surface area (Å²) in [7, 11) is 1.70. The summed E-state index contributed by atoms with van der Waals surface area (Å²) >= 11 is 0. The van der Waals surface area contributed by atoms with Gasteiger partial charge in [-0.1, -0.05) is 0 Å². The van der Waals surface area contributed by atoms with Crippen LogP contribution in [0.3, 0.4) is 0 Å². The first-order valence-electron chi connectivity index (χ1n) is 9.95. The molecule has 2 atom stereocenters. The van der Waals surface area contributed by atoms with Crippen LogP contribution in [-0.2, 0) is 4.74 Å². The molecule has 0 spiro atoms. The summed E-state index contributed by atoms with van der Waals surface area (Å²) in [6.07, 6.45) is 2.35. The maximum absolute atomic E-state index is 12.8. The molecule has 28 heavy (non-hydrogen) atoms. The van der Waals surface area contributed by atoms with E-state index in [2.05, 4.69) is 10.2 Å². The standard InChI is InChI=1S/C20H31N3O5/c1-26-6-3-2-5-23-12-14(17(24)13-23)11-22-20(25)16-9-15(21)10-18-19(16)28-8-4-7-27-18/h9-10,14,17,24H,2-8,11-13,21H2,1H3,(H,22,25)/t14-,17-/m1/s1. The number of hydrogen-bond donors (Lipinski definition) is 3. The lowest BCUT2D eigenvalue weighted by Crippen LogP contribution is -2.34. The number of β-amino-alcohol motifs (C(OH)–C–C–N with tert-alkyl or cyclic N) is 1. The van der Waals surface area contributed by atoms with Crippen molar-refractivity contribution in [1.82, 2.24) is 10.2 Å². The van der Waals surface area contributed by atoms with Crippen LogP contribution in [0.15, 0.2) is 12.1 Å². The lowest BCUT2D eigenvalue weighted by atomic mass is 10.1. The highest BCUT2D eigenvalue weighted by molar-refractivity contribution is 5.98. The van der Waals surface area contributed by atoms with Gasteiger partial charge in [0.25, 0.3) is 5.91 Å². The summed E-state index contributed by atoms with van der Waals surface area (Å²) in [4.78, 5) is 15.0. The van der Waals surface area contributed by atoms with Crippen molar-refractivity contribution in [2.45, 2.75) is 25.4 Å². The Kier molecular flexibility index (Phi) is 7.36. The van der Waals surface area contributed by atoms with Crippen molar-refractivity contribution in [3.05, 3.63) is 17.7 Å². The van der Waals surface area contributed by atoms with E-state index in [1.807, 2.05) is 0 Å². The number of nitrogens with two attached hydrogens (primary N) is 1. The molecule has 2 aliphatic heterocycles. The third-order valence-electron chi connectivity index (χ3n) is 5.19. The number of aliphatic hydroxyl groups is 1. The van der Waals surface area contributed by atoms with Gasteiger partial charge >= 0.3 is 0 Å². The van der Waals surface area contributed by atoms with Gasteiger partial charge in [0.2, 0.25) is 0 Å². The van der Waals surface area contributed by atoms with Crippen LogP contribution in [-0.4, -0.2) is 75.1 Å². The number of hydrogen-bond acceptors (Lipinski definition) is 7. The summed E-state index contributed by atoms with van der Waals surface area (Å²) in [5.74, 6) is 0.685. The van der Waals surface area contributed by atoms with E-state index < -0.39 is 6.10 Å². The van der Waals surface area contributed by atoms with Crippen molar-refractivity contribution >= 4 is 11.6 Å². The van der Waals surface area contributed by atoms with Crippen LogP contribution >= 0.6 is 0 Å². The Morgan fingerprint density at radius 2 is 2.14 bits per heavy atom. The maximum Gasteiger partial charge on any atom is 0.255 e. The molecule has 8 nitrogen and oxygen atoms in total. The zero-order valence-electron chi connectivity index (χ0n) is 16.5. The van der Waals surface area contributed by atoms with E-state index in [1.165, 1.54) is 0 Å². The lowest BCUT2D eigenvalue weighted by molar-refractivity contribution is 0.0923. The summed E-state index contributed by atoms with van der Waals surface area (Å²) in [6, 6.07) is 3.29. The number of nitrogens with zero attached hydrogens (tertiary/aromatic N) is 1. The maximum atomic E-state index is 12.8. The van der Waals surface area contributed by atoms with Gasteiger partial charge in [0.05, 0.1) is 24.9 Å². The number of carbonyl (C=O) groups excluding carboxylic acids is 1. The van der Waals surface area contributed by atoms with E-state index >= 15 is 0 Å². The van der Waals surface area contributed by atoms with Gasteiger partial charge in [-0.2, -0.15) is 0 Å². The molecule has 0 unspecified atom stereocenters. The third-order valence-corrected chi connectivity index (χ3v) is 5.19. The van der Waals surface area contributed by atoms with E-state index in [9.17, 15) is 9.90 Å². The molecule has 156 valence electrons. The van der Waals surface area contributed by atoms with Gasteiger partial charge < -0.3 is 35.3 Å². The van der Waals surface area contributed by atoms with Gasteiger partial charge in [0.1, 0.15) is 0 Å². The van der Waals surface area contributed by atoms with Gasteiger partial charge in [-0.05, 0) is 25.5 Å². The number of likely N-dealkylation sites (tertiary alicyclic amines) is 1. The molecular weight excluding hydrogens is 362 g/mol. The highest BCUT2D eigenvalue weighted by atomic mass is 16.5. The molecule has 1 aromatic rings. The molecule has 8 heteroatoms. The van der Waals surface area contributed by atoms with Crippen molar-refractivity contribution < 1.29 is 24.1 Å². The zero-order valence-corrected chi connectivity index (χ0v) is 16.5. The van der Waals surface area contributed by atoms with Crippen molar-refractivity contribution in [3.8, 4) is 11.5 Å². The summed E-state index contributed by atoms with van der Waals surface area (Å²) in [5.41, 5.74) is 6.76. The van der Waals surface area contributed by atoms with Crippen molar-refractivity contribution in [3.63, 3.8) is 0 Å². The molecular formula is C20H31N3O5. The highest BCUT2D eigenvalue weighted by Crippen LogP contribution is 2.35. The van der Waals surface area contributed by atoms with Crippen LogP contribution in [0.25, 0.3) is 0 Å². The molecule has 1 amide bonds. The van der Waals surface area contributed by atoms with Crippen LogP contribution in [0.2, 0.25) is 0 Å². The highest BCUT2D eigenvalue weighted by Gasteiger charge is 2.31. The Morgan fingerprint density at radius 3 is 2.96 bits per heavy atom. The van der Waals surface area contributed by atoms with Gasteiger partial charge in [0.15, 0.2) is 11.5 Å². The molecule has 0 saturated carbocycles. The third kappa shape index (κ3) is 5.27. The van der Waals surface area contributed by atoms with E-state index in [-0.39, 0.29) is 11.8 Å². The molecule has 0 bridgehead atoms. The minimum atomic E-state index is -0.444. The van der Waals surface area contributed by atoms with Gasteiger partial charge in [0, 0.05) is 57.4 Å². The van der Waals surface area contributed by atoms with Crippen LogP contribution in [0.5, 0.6) is 11.5 Å².